The van der Waals surface area contributed by atoms with Crippen LogP contribution in [0.15, 0.2) is 4.99 Å². The van der Waals surface area contributed by atoms with E-state index < -0.39 is 24.0 Å². The third-order valence-electron chi connectivity index (χ3n) is 2.23. The maximum Gasteiger partial charge on any atom is 0.320 e. The second-order valence-corrected chi connectivity index (χ2v) is 5.11. The van der Waals surface area contributed by atoms with Crippen molar-refractivity contribution in [2.24, 2.45) is 27.9 Å². The SMILES string of the molecule is CSCCC(N)C(=O)O.NC(N)=NCCC[C@H](N)C(=O)O. The number of nitrogens with zero attached hydrogens (tertiary/aromatic N) is 1. The van der Waals surface area contributed by atoms with Crippen molar-refractivity contribution in [2.45, 2.75) is 31.3 Å². The highest BCUT2D eigenvalue weighted by atomic mass is 32.2. The molecule has 10 heteroatoms. The van der Waals surface area contributed by atoms with E-state index >= 15 is 0 Å². The zero-order valence-corrected chi connectivity index (χ0v) is 12.9. The molecule has 0 fully saturated rings. The number of carboxylic acids is 2. The number of hydrogen-bond acceptors (Lipinski definition) is 6. The number of aliphatic imine (C=N–C) groups is 1. The Labute approximate surface area is 128 Å². The zero-order valence-electron chi connectivity index (χ0n) is 12.1. The lowest BCUT2D eigenvalue weighted by atomic mass is 10.2. The van der Waals surface area contributed by atoms with Gasteiger partial charge < -0.3 is 33.1 Å². The first-order valence-corrected chi connectivity index (χ1v) is 7.62. The Balaban J connectivity index is 0. The molecular formula is C11H25N5O4S. The summed E-state index contributed by atoms with van der Waals surface area (Å²) in [5.41, 5.74) is 20.5. The Morgan fingerprint density at radius 3 is 1.95 bits per heavy atom. The van der Waals surface area contributed by atoms with Gasteiger partial charge in [-0.3, -0.25) is 14.6 Å². The van der Waals surface area contributed by atoms with E-state index in [9.17, 15) is 9.59 Å². The van der Waals surface area contributed by atoms with Gasteiger partial charge in [0.05, 0.1) is 0 Å². The average molecular weight is 323 g/mol. The quantitative estimate of drug-likeness (QED) is 0.168. The van der Waals surface area contributed by atoms with Gasteiger partial charge in [0.1, 0.15) is 12.1 Å². The first kappa shape index (κ1) is 21.8. The Morgan fingerprint density at radius 1 is 1.10 bits per heavy atom. The predicted octanol–water partition coefficient (Wildman–Crippen LogP) is -1.40. The van der Waals surface area contributed by atoms with E-state index in [1.165, 1.54) is 0 Å². The molecule has 9 nitrogen and oxygen atoms in total. The fourth-order valence-corrected chi connectivity index (χ4v) is 1.50. The minimum absolute atomic E-state index is 0.0129. The van der Waals surface area contributed by atoms with Crippen LogP contribution in [0.3, 0.4) is 0 Å². The largest absolute Gasteiger partial charge is 0.480 e. The Kier molecular flexibility index (Phi) is 14.0. The third-order valence-corrected chi connectivity index (χ3v) is 2.88. The highest BCUT2D eigenvalue weighted by Crippen LogP contribution is 1.97. The number of aliphatic carboxylic acids is 2. The summed E-state index contributed by atoms with van der Waals surface area (Å²) in [5.74, 6) is -1.09. The van der Waals surface area contributed by atoms with Crippen LogP contribution in [0.1, 0.15) is 19.3 Å². The molecule has 124 valence electrons. The Morgan fingerprint density at radius 2 is 1.57 bits per heavy atom. The highest BCUT2D eigenvalue weighted by Gasteiger charge is 2.09. The average Bonchev–Trinajstić information content (AvgIpc) is 2.40. The number of hydrogen-bond donors (Lipinski definition) is 6. The first-order valence-electron chi connectivity index (χ1n) is 6.23. The van der Waals surface area contributed by atoms with Gasteiger partial charge in [0.25, 0.3) is 0 Å². The van der Waals surface area contributed by atoms with Crippen LogP contribution in [0.2, 0.25) is 0 Å². The van der Waals surface area contributed by atoms with Crippen LogP contribution in [0, 0.1) is 0 Å². The predicted molar refractivity (Wildman–Crippen MR) is 84.1 cm³/mol. The molecule has 0 spiro atoms. The van der Waals surface area contributed by atoms with Gasteiger partial charge in [-0.15, -0.1) is 0 Å². The van der Waals surface area contributed by atoms with Crippen molar-refractivity contribution >= 4 is 29.7 Å². The van der Waals surface area contributed by atoms with Gasteiger partial charge in [0, 0.05) is 6.54 Å². The van der Waals surface area contributed by atoms with Crippen LogP contribution in [0.25, 0.3) is 0 Å². The van der Waals surface area contributed by atoms with Gasteiger partial charge in [-0.25, -0.2) is 0 Å². The van der Waals surface area contributed by atoms with Crippen LogP contribution in [-0.4, -0.2) is 58.7 Å². The molecule has 0 aromatic heterocycles. The molecule has 21 heavy (non-hydrogen) atoms. The van der Waals surface area contributed by atoms with Crippen LogP contribution in [0.4, 0.5) is 0 Å². The van der Waals surface area contributed by atoms with Crippen LogP contribution >= 0.6 is 11.8 Å². The molecule has 0 aromatic rings. The number of carboxylic acid groups (broad SMARTS) is 2. The minimum atomic E-state index is -1.00. The Hall–Kier alpha value is -1.52. The number of carbonyl (C=O) groups is 2. The standard InChI is InChI=1S/C6H14N4O2.C5H11NO2S/c7-4(5(11)12)2-1-3-10-6(8)9;1-9-3-2-4(6)5(7)8/h4H,1-3,7H2,(H,11,12)(H4,8,9,10);4H,2-3,6H2,1H3,(H,7,8)/t4-;/m0./s1. The van der Waals surface area contributed by atoms with Gasteiger partial charge in [-0.05, 0) is 31.3 Å². The van der Waals surface area contributed by atoms with Crippen LogP contribution in [-0.2, 0) is 9.59 Å². The van der Waals surface area contributed by atoms with E-state index in [0.29, 0.717) is 25.8 Å². The molecule has 0 aliphatic rings. The fraction of sp³-hybridized carbons (Fsp3) is 0.727. The fourth-order valence-electron chi connectivity index (χ4n) is 1.01. The van der Waals surface area contributed by atoms with E-state index in [-0.39, 0.29) is 5.96 Å². The molecule has 0 aliphatic heterocycles. The topological polar surface area (TPSA) is 191 Å². The summed E-state index contributed by atoms with van der Waals surface area (Å²) >= 11 is 1.60. The van der Waals surface area contributed by atoms with E-state index in [4.69, 9.17) is 33.1 Å². The van der Waals surface area contributed by atoms with Crippen molar-refractivity contribution in [1.82, 2.24) is 0 Å². The summed E-state index contributed by atoms with van der Waals surface area (Å²) in [6, 6.07) is -1.50. The molecule has 0 radical (unpaired) electrons. The Bertz CT molecular complexity index is 337. The van der Waals surface area contributed by atoms with E-state index in [0.717, 1.165) is 5.75 Å². The molecule has 0 saturated carbocycles. The van der Waals surface area contributed by atoms with Crippen molar-refractivity contribution in [3.05, 3.63) is 0 Å². The van der Waals surface area contributed by atoms with Gasteiger partial charge >= 0.3 is 11.9 Å². The summed E-state index contributed by atoms with van der Waals surface area (Å²) in [6.07, 6.45) is 3.43. The van der Waals surface area contributed by atoms with Crippen molar-refractivity contribution in [3.8, 4) is 0 Å². The lowest BCUT2D eigenvalue weighted by Crippen LogP contribution is -2.30. The maximum atomic E-state index is 10.2. The van der Waals surface area contributed by atoms with E-state index in [2.05, 4.69) is 4.99 Å². The molecular weight excluding hydrogens is 298 g/mol. The lowest BCUT2D eigenvalue weighted by Gasteiger charge is -2.03. The number of nitrogens with two attached hydrogens (primary N) is 4. The maximum absolute atomic E-state index is 10.2. The number of guanidine groups is 1. The van der Waals surface area contributed by atoms with Crippen molar-refractivity contribution in [1.29, 1.82) is 0 Å². The van der Waals surface area contributed by atoms with E-state index in [1.54, 1.807) is 11.8 Å². The zero-order chi connectivity index (χ0) is 16.8. The third kappa shape index (κ3) is 16.4. The first-order chi connectivity index (χ1) is 9.72. The van der Waals surface area contributed by atoms with E-state index in [1.807, 2.05) is 6.26 Å². The van der Waals surface area contributed by atoms with Gasteiger partial charge in [-0.1, -0.05) is 0 Å². The smallest absolute Gasteiger partial charge is 0.320 e. The van der Waals surface area contributed by atoms with Gasteiger partial charge in [-0.2, -0.15) is 11.8 Å². The van der Waals surface area contributed by atoms with Gasteiger partial charge in [0.15, 0.2) is 5.96 Å². The van der Waals surface area contributed by atoms with Crippen LogP contribution in [0.5, 0.6) is 0 Å². The highest BCUT2D eigenvalue weighted by molar-refractivity contribution is 7.98. The molecule has 0 saturated heterocycles. The molecule has 0 aliphatic carbocycles. The van der Waals surface area contributed by atoms with Crippen molar-refractivity contribution in [3.63, 3.8) is 0 Å². The van der Waals surface area contributed by atoms with Gasteiger partial charge in [0.2, 0.25) is 0 Å². The lowest BCUT2D eigenvalue weighted by molar-refractivity contribution is -0.139. The molecule has 0 heterocycles. The summed E-state index contributed by atoms with van der Waals surface area (Å²) in [7, 11) is 0. The van der Waals surface area contributed by atoms with Crippen molar-refractivity contribution in [2.75, 3.05) is 18.6 Å². The summed E-state index contributed by atoms with van der Waals surface area (Å²) in [6.45, 7) is 0.420. The molecule has 1 unspecified atom stereocenters. The van der Waals surface area contributed by atoms with Crippen LogP contribution < -0.4 is 22.9 Å². The number of thioether (sulfide) groups is 1. The normalized spacial score (nSPS) is 12.5. The molecule has 0 rings (SSSR count). The second kappa shape index (κ2) is 13.5. The second-order valence-electron chi connectivity index (χ2n) is 4.12. The number of rotatable bonds is 9. The molecule has 10 N–H and O–H groups in total. The monoisotopic (exact) mass is 323 g/mol. The minimum Gasteiger partial charge on any atom is -0.480 e. The summed E-state index contributed by atoms with van der Waals surface area (Å²) < 4.78 is 0. The van der Waals surface area contributed by atoms with Crippen molar-refractivity contribution < 1.29 is 19.8 Å². The molecule has 2 atom stereocenters. The molecule has 0 aromatic carbocycles. The molecule has 0 amide bonds. The summed E-state index contributed by atoms with van der Waals surface area (Å²) in [5, 5.41) is 16.7. The summed E-state index contributed by atoms with van der Waals surface area (Å²) in [4.78, 5) is 24.0. The molecule has 0 bridgehead atoms.